The highest BCUT2D eigenvalue weighted by Gasteiger charge is 2.16. The van der Waals surface area contributed by atoms with Crippen molar-refractivity contribution in [2.45, 2.75) is 18.9 Å². The number of hydrogen-bond donors (Lipinski definition) is 1. The summed E-state index contributed by atoms with van der Waals surface area (Å²) >= 11 is 3.18. The lowest BCUT2D eigenvalue weighted by Gasteiger charge is -2.12. The first-order chi connectivity index (χ1) is 11.6. The molecule has 1 aliphatic rings. The molecule has 0 bridgehead atoms. The number of hydrogen-bond acceptors (Lipinski definition) is 3. The van der Waals surface area contributed by atoms with E-state index in [-0.39, 0.29) is 11.8 Å². The van der Waals surface area contributed by atoms with Crippen LogP contribution in [0.15, 0.2) is 46.9 Å². The van der Waals surface area contributed by atoms with E-state index < -0.39 is 11.7 Å². The third-order valence-corrected chi connectivity index (χ3v) is 4.23. The third-order valence-electron chi connectivity index (χ3n) is 3.74. The highest BCUT2D eigenvalue weighted by Crippen LogP contribution is 2.21. The van der Waals surface area contributed by atoms with Gasteiger partial charge in [-0.05, 0) is 49.2 Å². The van der Waals surface area contributed by atoms with Crippen molar-refractivity contribution in [2.75, 3.05) is 18.5 Å². The predicted molar refractivity (Wildman–Crippen MR) is 93.0 cm³/mol. The molecular formula is C18H17BrFNO3. The van der Waals surface area contributed by atoms with Crippen LogP contribution >= 0.6 is 15.9 Å². The van der Waals surface area contributed by atoms with E-state index in [1.807, 2.05) is 0 Å². The van der Waals surface area contributed by atoms with Gasteiger partial charge < -0.3 is 14.8 Å². The monoisotopic (exact) mass is 393 g/mol. The van der Waals surface area contributed by atoms with Crippen molar-refractivity contribution < 1.29 is 18.7 Å². The van der Waals surface area contributed by atoms with Crippen LogP contribution in [0.5, 0.6) is 5.75 Å². The minimum Gasteiger partial charge on any atom is -0.491 e. The topological polar surface area (TPSA) is 47.6 Å². The average Bonchev–Trinajstić information content (AvgIpc) is 3.09. The Kier molecular flexibility index (Phi) is 5.48. The van der Waals surface area contributed by atoms with Gasteiger partial charge in [0.25, 0.3) is 5.91 Å². The highest BCUT2D eigenvalue weighted by molar-refractivity contribution is 9.10. The zero-order chi connectivity index (χ0) is 16.9. The Hall–Kier alpha value is -1.92. The van der Waals surface area contributed by atoms with Crippen LogP contribution in [-0.2, 0) is 4.74 Å². The Bertz CT molecular complexity index is 732. The lowest BCUT2D eigenvalue weighted by atomic mass is 10.2. The molecule has 4 nitrogen and oxygen atoms in total. The van der Waals surface area contributed by atoms with Crippen LogP contribution in [0.3, 0.4) is 0 Å². The Morgan fingerprint density at radius 3 is 2.96 bits per heavy atom. The Labute approximate surface area is 148 Å². The number of rotatable bonds is 5. The predicted octanol–water partition coefficient (Wildman–Crippen LogP) is 4.40. The maximum absolute atomic E-state index is 13.8. The van der Waals surface area contributed by atoms with Gasteiger partial charge in [-0.1, -0.05) is 22.0 Å². The van der Waals surface area contributed by atoms with Crippen molar-refractivity contribution in [1.29, 1.82) is 0 Å². The van der Waals surface area contributed by atoms with Gasteiger partial charge in [0.2, 0.25) is 0 Å². The van der Waals surface area contributed by atoms with Gasteiger partial charge in [-0.3, -0.25) is 4.79 Å². The molecule has 1 N–H and O–H groups in total. The lowest BCUT2D eigenvalue weighted by molar-refractivity contribution is 0.0679. The van der Waals surface area contributed by atoms with E-state index in [0.717, 1.165) is 19.4 Å². The van der Waals surface area contributed by atoms with Gasteiger partial charge in [-0.2, -0.15) is 0 Å². The van der Waals surface area contributed by atoms with Gasteiger partial charge in [-0.25, -0.2) is 4.39 Å². The van der Waals surface area contributed by atoms with Crippen LogP contribution in [0.25, 0.3) is 0 Å². The molecule has 0 aromatic heterocycles. The molecule has 2 aromatic rings. The second-order valence-electron chi connectivity index (χ2n) is 5.55. The number of carbonyl (C=O) groups excluding carboxylic acids is 1. The zero-order valence-electron chi connectivity index (χ0n) is 12.9. The van der Waals surface area contributed by atoms with Crippen molar-refractivity contribution in [3.63, 3.8) is 0 Å². The second kappa shape index (κ2) is 7.77. The molecule has 0 aliphatic carbocycles. The van der Waals surface area contributed by atoms with E-state index in [1.54, 1.807) is 30.3 Å². The van der Waals surface area contributed by atoms with Gasteiger partial charge >= 0.3 is 0 Å². The molecule has 0 spiro atoms. The summed E-state index contributed by atoms with van der Waals surface area (Å²) in [5, 5.41) is 2.56. The number of anilines is 1. The smallest absolute Gasteiger partial charge is 0.255 e. The van der Waals surface area contributed by atoms with Crippen LogP contribution in [0.4, 0.5) is 10.1 Å². The summed E-state index contributed by atoms with van der Waals surface area (Å²) < 4.78 is 25.6. The number of benzene rings is 2. The Morgan fingerprint density at radius 1 is 1.33 bits per heavy atom. The van der Waals surface area contributed by atoms with Crippen molar-refractivity contribution in [1.82, 2.24) is 0 Å². The van der Waals surface area contributed by atoms with Crippen molar-refractivity contribution >= 4 is 27.5 Å². The number of amides is 1. The first-order valence-electron chi connectivity index (χ1n) is 7.73. The summed E-state index contributed by atoms with van der Waals surface area (Å²) in [6.07, 6.45) is 2.15. The fourth-order valence-electron chi connectivity index (χ4n) is 2.48. The van der Waals surface area contributed by atoms with Crippen molar-refractivity contribution in [2.24, 2.45) is 0 Å². The minimum atomic E-state index is -0.497. The molecule has 1 saturated heterocycles. The summed E-state index contributed by atoms with van der Waals surface area (Å²) in [6, 6.07) is 11.3. The zero-order valence-corrected chi connectivity index (χ0v) is 14.5. The molecule has 0 saturated carbocycles. The largest absolute Gasteiger partial charge is 0.491 e. The molecule has 1 fully saturated rings. The third kappa shape index (κ3) is 4.33. The molecule has 1 heterocycles. The van der Waals surface area contributed by atoms with Crippen LogP contribution < -0.4 is 10.1 Å². The highest BCUT2D eigenvalue weighted by atomic mass is 79.9. The number of carbonyl (C=O) groups is 1. The molecule has 2 aromatic carbocycles. The average molecular weight is 394 g/mol. The summed E-state index contributed by atoms with van der Waals surface area (Å²) in [5.41, 5.74) is 0.538. The molecule has 24 heavy (non-hydrogen) atoms. The molecule has 126 valence electrons. The van der Waals surface area contributed by atoms with Crippen LogP contribution in [0.2, 0.25) is 0 Å². The van der Waals surface area contributed by atoms with Gasteiger partial charge in [0.15, 0.2) is 0 Å². The lowest BCUT2D eigenvalue weighted by Crippen LogP contribution is -2.17. The summed E-state index contributed by atoms with van der Waals surface area (Å²) in [7, 11) is 0. The molecule has 1 unspecified atom stereocenters. The van der Waals surface area contributed by atoms with Gasteiger partial charge in [0.05, 0.1) is 11.8 Å². The minimum absolute atomic E-state index is 0.111. The Balaban J connectivity index is 1.65. The van der Waals surface area contributed by atoms with Crippen molar-refractivity contribution in [3.05, 3.63) is 58.3 Å². The molecule has 3 rings (SSSR count). The summed E-state index contributed by atoms with van der Waals surface area (Å²) in [5.74, 6) is -0.295. The molecule has 6 heteroatoms. The van der Waals surface area contributed by atoms with E-state index >= 15 is 0 Å². The van der Waals surface area contributed by atoms with E-state index in [4.69, 9.17) is 9.47 Å². The molecule has 1 atom stereocenters. The van der Waals surface area contributed by atoms with Crippen LogP contribution in [0, 0.1) is 5.82 Å². The van der Waals surface area contributed by atoms with Gasteiger partial charge in [-0.15, -0.1) is 0 Å². The van der Waals surface area contributed by atoms with E-state index in [9.17, 15) is 9.18 Å². The fraction of sp³-hybridized carbons (Fsp3) is 0.278. The number of halogens is 2. The van der Waals surface area contributed by atoms with Crippen LogP contribution in [-0.4, -0.2) is 25.2 Å². The van der Waals surface area contributed by atoms with Gasteiger partial charge in [0.1, 0.15) is 18.2 Å². The molecular weight excluding hydrogens is 377 g/mol. The first kappa shape index (κ1) is 16.9. The molecule has 1 aliphatic heterocycles. The first-order valence-corrected chi connectivity index (χ1v) is 8.52. The summed E-state index contributed by atoms with van der Waals surface area (Å²) in [6.45, 7) is 1.24. The number of ether oxygens (including phenoxy) is 2. The Morgan fingerprint density at radius 2 is 2.21 bits per heavy atom. The standard InChI is InChI=1S/C18H17BrFNO3/c19-13-6-7-17(16(20)10-13)21-18(22)12-3-1-4-14(9-12)24-11-15-5-2-8-23-15/h1,3-4,6-7,9-10,15H,2,5,8,11H2,(H,21,22). The maximum atomic E-state index is 13.8. The SMILES string of the molecule is O=C(Nc1ccc(Br)cc1F)c1cccc(OCC2CCCO2)c1. The van der Waals surface area contributed by atoms with E-state index in [2.05, 4.69) is 21.2 Å². The fourth-order valence-corrected chi connectivity index (χ4v) is 2.81. The quantitative estimate of drug-likeness (QED) is 0.818. The molecule has 0 radical (unpaired) electrons. The van der Waals surface area contributed by atoms with E-state index in [0.29, 0.717) is 22.4 Å². The number of nitrogens with one attached hydrogen (secondary N) is 1. The second-order valence-corrected chi connectivity index (χ2v) is 6.47. The van der Waals surface area contributed by atoms with Crippen molar-refractivity contribution in [3.8, 4) is 5.75 Å². The summed E-state index contributed by atoms with van der Waals surface area (Å²) in [4.78, 5) is 12.3. The van der Waals surface area contributed by atoms with Gasteiger partial charge in [0, 0.05) is 16.6 Å². The van der Waals surface area contributed by atoms with E-state index in [1.165, 1.54) is 12.1 Å². The van der Waals surface area contributed by atoms with Crippen LogP contribution in [0.1, 0.15) is 23.2 Å². The molecule has 1 amide bonds. The normalized spacial score (nSPS) is 16.8. The maximum Gasteiger partial charge on any atom is 0.255 e.